The normalized spacial score (nSPS) is 10.3. The van der Waals surface area contributed by atoms with Crippen molar-refractivity contribution in [2.75, 3.05) is 5.32 Å². The molecule has 0 bridgehead atoms. The van der Waals surface area contributed by atoms with E-state index >= 15 is 0 Å². The summed E-state index contributed by atoms with van der Waals surface area (Å²) in [7, 11) is 1.79. The van der Waals surface area contributed by atoms with Crippen LogP contribution in [0.2, 0.25) is 5.02 Å². The highest BCUT2D eigenvalue weighted by molar-refractivity contribution is 6.34. The molecule has 1 amide bonds. The first kappa shape index (κ1) is 11.6. The number of anilines is 1. The van der Waals surface area contributed by atoms with Crippen molar-refractivity contribution in [2.24, 2.45) is 7.05 Å². The third kappa shape index (κ3) is 2.45. The number of halogens is 1. The second kappa shape index (κ2) is 4.55. The zero-order chi connectivity index (χ0) is 12.4. The molecular weight excluding hydrogens is 240 g/mol. The lowest BCUT2D eigenvalue weighted by atomic mass is 10.2. The number of nitrogens with one attached hydrogen (secondary N) is 1. The highest BCUT2D eigenvalue weighted by Gasteiger charge is 2.12. The van der Waals surface area contributed by atoms with E-state index in [0.29, 0.717) is 16.3 Å². The number of pyridine rings is 1. The Labute approximate surface area is 103 Å². The van der Waals surface area contributed by atoms with Gasteiger partial charge in [-0.15, -0.1) is 0 Å². The maximum absolute atomic E-state index is 11.9. The third-order valence-electron chi connectivity index (χ3n) is 2.28. The Morgan fingerprint density at radius 1 is 1.53 bits per heavy atom. The third-order valence-corrected chi connectivity index (χ3v) is 2.58. The molecule has 6 heteroatoms. The first-order valence-electron chi connectivity index (χ1n) is 4.99. The van der Waals surface area contributed by atoms with E-state index in [-0.39, 0.29) is 5.91 Å². The molecule has 0 spiro atoms. The van der Waals surface area contributed by atoms with Crippen molar-refractivity contribution in [3.8, 4) is 0 Å². The van der Waals surface area contributed by atoms with Crippen LogP contribution >= 0.6 is 11.6 Å². The Bertz CT molecular complexity index is 564. The topological polar surface area (TPSA) is 59.8 Å². The summed E-state index contributed by atoms with van der Waals surface area (Å²) in [6.07, 6.45) is 4.70. The van der Waals surface area contributed by atoms with Crippen LogP contribution in [0.5, 0.6) is 0 Å². The minimum Gasteiger partial charge on any atom is -0.319 e. The molecule has 0 radical (unpaired) electrons. The van der Waals surface area contributed by atoms with E-state index in [9.17, 15) is 4.79 Å². The number of aryl methyl sites for hydroxylation is 2. The van der Waals surface area contributed by atoms with Gasteiger partial charge in [0.15, 0.2) is 0 Å². The van der Waals surface area contributed by atoms with Gasteiger partial charge in [0.1, 0.15) is 0 Å². The molecule has 2 rings (SSSR count). The number of carbonyl (C=O) groups is 1. The van der Waals surface area contributed by atoms with Gasteiger partial charge in [-0.05, 0) is 13.0 Å². The molecule has 0 unspecified atom stereocenters. The maximum Gasteiger partial charge on any atom is 0.257 e. The molecule has 2 aromatic rings. The summed E-state index contributed by atoms with van der Waals surface area (Å²) >= 11 is 5.89. The van der Waals surface area contributed by atoms with Crippen LogP contribution in [0.15, 0.2) is 24.7 Å². The molecule has 0 saturated carbocycles. The lowest BCUT2D eigenvalue weighted by Crippen LogP contribution is -2.12. The number of carbonyl (C=O) groups excluding carboxylic acids is 1. The second-order valence-corrected chi connectivity index (χ2v) is 4.02. The SMILES string of the molecule is Cc1nn(C)cc1NC(=O)c1ccncc1Cl. The van der Waals surface area contributed by atoms with Gasteiger partial charge < -0.3 is 5.32 Å². The van der Waals surface area contributed by atoms with Crippen LogP contribution in [0.1, 0.15) is 16.1 Å². The number of hydrogen-bond donors (Lipinski definition) is 1. The Morgan fingerprint density at radius 3 is 2.88 bits per heavy atom. The summed E-state index contributed by atoms with van der Waals surface area (Å²) in [5.74, 6) is -0.270. The van der Waals surface area contributed by atoms with Crippen LogP contribution in [-0.4, -0.2) is 20.7 Å². The minimum atomic E-state index is -0.270. The van der Waals surface area contributed by atoms with Gasteiger partial charge in [-0.1, -0.05) is 11.6 Å². The molecule has 5 nitrogen and oxygen atoms in total. The summed E-state index contributed by atoms with van der Waals surface area (Å²) in [6.45, 7) is 1.82. The number of nitrogens with zero attached hydrogens (tertiary/aromatic N) is 3. The highest BCUT2D eigenvalue weighted by atomic mass is 35.5. The Kier molecular flexibility index (Phi) is 3.10. The number of hydrogen-bond acceptors (Lipinski definition) is 3. The quantitative estimate of drug-likeness (QED) is 0.887. The summed E-state index contributed by atoms with van der Waals surface area (Å²) in [6, 6.07) is 1.57. The van der Waals surface area contributed by atoms with Gasteiger partial charge in [0, 0.05) is 25.6 Å². The van der Waals surface area contributed by atoms with E-state index in [1.165, 1.54) is 12.4 Å². The van der Waals surface area contributed by atoms with E-state index in [0.717, 1.165) is 5.69 Å². The van der Waals surface area contributed by atoms with E-state index in [4.69, 9.17) is 11.6 Å². The smallest absolute Gasteiger partial charge is 0.257 e. The molecule has 1 N–H and O–H groups in total. The Balaban J connectivity index is 2.23. The molecule has 0 fully saturated rings. The Hall–Kier alpha value is -1.88. The van der Waals surface area contributed by atoms with Crippen LogP contribution < -0.4 is 5.32 Å². The first-order valence-corrected chi connectivity index (χ1v) is 5.37. The average molecular weight is 251 g/mol. The number of aromatic nitrogens is 3. The van der Waals surface area contributed by atoms with Gasteiger partial charge in [0.25, 0.3) is 5.91 Å². The fourth-order valence-corrected chi connectivity index (χ4v) is 1.68. The largest absolute Gasteiger partial charge is 0.319 e. The Morgan fingerprint density at radius 2 is 2.29 bits per heavy atom. The summed E-state index contributed by atoms with van der Waals surface area (Å²) < 4.78 is 1.64. The van der Waals surface area contributed by atoms with Gasteiger partial charge in [0.2, 0.25) is 0 Å². The van der Waals surface area contributed by atoms with Crippen molar-refractivity contribution in [2.45, 2.75) is 6.92 Å². The van der Waals surface area contributed by atoms with Crippen molar-refractivity contribution >= 4 is 23.2 Å². The average Bonchev–Trinajstić information content (AvgIpc) is 2.58. The predicted octanol–water partition coefficient (Wildman–Crippen LogP) is 2.03. The molecule has 0 aliphatic heterocycles. The second-order valence-electron chi connectivity index (χ2n) is 3.61. The highest BCUT2D eigenvalue weighted by Crippen LogP contribution is 2.17. The molecule has 0 saturated heterocycles. The predicted molar refractivity (Wildman–Crippen MR) is 65.1 cm³/mol. The van der Waals surface area contributed by atoms with Crippen molar-refractivity contribution in [1.29, 1.82) is 0 Å². The molecule has 88 valence electrons. The molecule has 17 heavy (non-hydrogen) atoms. The monoisotopic (exact) mass is 250 g/mol. The summed E-state index contributed by atoms with van der Waals surface area (Å²) in [5, 5.41) is 7.22. The van der Waals surface area contributed by atoms with Crippen molar-refractivity contribution in [3.63, 3.8) is 0 Å². The maximum atomic E-state index is 11.9. The van der Waals surface area contributed by atoms with Gasteiger partial charge in [-0.3, -0.25) is 14.5 Å². The van der Waals surface area contributed by atoms with Crippen molar-refractivity contribution in [3.05, 3.63) is 40.9 Å². The van der Waals surface area contributed by atoms with Crippen LogP contribution in [0.3, 0.4) is 0 Å². The van der Waals surface area contributed by atoms with Gasteiger partial charge in [-0.25, -0.2) is 0 Å². The summed E-state index contributed by atoms with van der Waals surface area (Å²) in [4.78, 5) is 15.8. The lowest BCUT2D eigenvalue weighted by Gasteiger charge is -2.04. The molecule has 0 aliphatic carbocycles. The molecule has 0 aromatic carbocycles. The molecule has 2 aromatic heterocycles. The van der Waals surface area contributed by atoms with Crippen molar-refractivity contribution < 1.29 is 4.79 Å². The standard InChI is InChI=1S/C11H11ClN4O/c1-7-10(6-16(2)15-7)14-11(17)8-3-4-13-5-9(8)12/h3-6H,1-2H3,(H,14,17). The fraction of sp³-hybridized carbons (Fsp3) is 0.182. The van der Waals surface area contributed by atoms with Crippen LogP contribution in [-0.2, 0) is 7.05 Å². The molecular formula is C11H11ClN4O. The van der Waals surface area contributed by atoms with E-state index in [1.807, 2.05) is 6.92 Å². The van der Waals surface area contributed by atoms with Crippen LogP contribution in [0, 0.1) is 6.92 Å². The minimum absolute atomic E-state index is 0.270. The molecule has 0 atom stereocenters. The lowest BCUT2D eigenvalue weighted by molar-refractivity contribution is 0.102. The van der Waals surface area contributed by atoms with Crippen LogP contribution in [0.25, 0.3) is 0 Å². The number of rotatable bonds is 2. The summed E-state index contributed by atoms with van der Waals surface area (Å²) in [5.41, 5.74) is 1.82. The fourth-order valence-electron chi connectivity index (χ4n) is 1.47. The van der Waals surface area contributed by atoms with Gasteiger partial charge in [0.05, 0.1) is 22.0 Å². The zero-order valence-electron chi connectivity index (χ0n) is 9.44. The van der Waals surface area contributed by atoms with Crippen LogP contribution in [0.4, 0.5) is 5.69 Å². The zero-order valence-corrected chi connectivity index (χ0v) is 10.2. The number of amides is 1. The van der Waals surface area contributed by atoms with Gasteiger partial charge in [-0.2, -0.15) is 5.10 Å². The van der Waals surface area contributed by atoms with E-state index in [2.05, 4.69) is 15.4 Å². The van der Waals surface area contributed by atoms with Crippen molar-refractivity contribution in [1.82, 2.24) is 14.8 Å². The molecule has 0 aliphatic rings. The van der Waals surface area contributed by atoms with Gasteiger partial charge >= 0.3 is 0 Å². The molecule has 2 heterocycles. The van der Waals surface area contributed by atoms with E-state index in [1.54, 1.807) is 24.0 Å². The first-order chi connectivity index (χ1) is 8.08. The van der Waals surface area contributed by atoms with E-state index < -0.39 is 0 Å².